The van der Waals surface area contributed by atoms with Crippen molar-refractivity contribution in [2.75, 3.05) is 26.3 Å². The second-order valence-electron chi connectivity index (χ2n) is 7.76. The predicted molar refractivity (Wildman–Crippen MR) is 106 cm³/mol. The highest BCUT2D eigenvalue weighted by Gasteiger charge is 2.24. The van der Waals surface area contributed by atoms with Gasteiger partial charge in [-0.05, 0) is 12.3 Å². The number of aromatic nitrogens is 1. The Labute approximate surface area is 164 Å². The van der Waals surface area contributed by atoms with E-state index in [9.17, 15) is 10.1 Å². The molecule has 1 aliphatic carbocycles. The lowest BCUT2D eigenvalue weighted by atomic mass is 10.0. The van der Waals surface area contributed by atoms with Gasteiger partial charge in [-0.3, -0.25) is 10.1 Å². The Kier molecular flexibility index (Phi) is 5.90. The van der Waals surface area contributed by atoms with Gasteiger partial charge in [0.25, 0.3) is 11.2 Å². The van der Waals surface area contributed by atoms with Crippen molar-refractivity contribution >= 4 is 22.9 Å². The van der Waals surface area contributed by atoms with Crippen molar-refractivity contribution in [2.24, 2.45) is 5.92 Å². The highest BCUT2D eigenvalue weighted by molar-refractivity contribution is 5.73. The fourth-order valence-electron chi connectivity index (χ4n) is 4.30. The molecule has 0 atom stereocenters. The monoisotopic (exact) mass is 386 g/mol. The second kappa shape index (κ2) is 8.73. The van der Waals surface area contributed by atoms with Crippen molar-refractivity contribution in [3.63, 3.8) is 0 Å². The molecule has 0 radical (unpaired) electrons. The molecule has 0 amide bonds. The molecule has 1 saturated carbocycles. The number of oxazole rings is 1. The van der Waals surface area contributed by atoms with E-state index in [-0.39, 0.29) is 10.6 Å². The van der Waals surface area contributed by atoms with Crippen LogP contribution in [0.4, 0.5) is 5.69 Å². The first-order valence-electron chi connectivity index (χ1n) is 10.3. The van der Waals surface area contributed by atoms with Crippen LogP contribution in [0.1, 0.15) is 44.4 Å². The molecule has 4 rings (SSSR count). The molecule has 2 aromatic rings. The molecule has 0 unspecified atom stereocenters. The van der Waals surface area contributed by atoms with Crippen molar-refractivity contribution in [3.05, 3.63) is 40.4 Å². The number of hydrogen-bond donors (Lipinski definition) is 0. The molecule has 2 heterocycles. The normalized spacial score (nSPS) is 18.5. The number of nitro benzene ring substituents is 1. The molecule has 2 aliphatic rings. The van der Waals surface area contributed by atoms with Gasteiger partial charge in [-0.2, -0.15) is 4.57 Å². The quantitative estimate of drug-likeness (QED) is 0.410. The Hall–Kier alpha value is -2.41. The van der Waals surface area contributed by atoms with E-state index in [1.807, 2.05) is 12.3 Å². The first kappa shape index (κ1) is 18.9. The van der Waals surface area contributed by atoms with Crippen LogP contribution in [0.3, 0.4) is 0 Å². The number of non-ortho nitro benzene ring substituents is 1. The Balaban J connectivity index is 1.56. The highest BCUT2D eigenvalue weighted by Crippen LogP contribution is 2.28. The zero-order valence-electron chi connectivity index (χ0n) is 16.2. The van der Waals surface area contributed by atoms with Gasteiger partial charge >= 0.3 is 5.89 Å². The van der Waals surface area contributed by atoms with Gasteiger partial charge in [0.15, 0.2) is 6.54 Å². The van der Waals surface area contributed by atoms with Gasteiger partial charge in [0.1, 0.15) is 0 Å². The van der Waals surface area contributed by atoms with Crippen molar-refractivity contribution < 1.29 is 18.6 Å². The standard InChI is InChI=1S/C21H28N3O4/c25-24(26)18-7-8-19-20(16-18)28-21(9-11-22-12-14-27-15-13-22)23(19)10-3-6-17-4-1-2-5-17/h7-9,11,16-17H,1-6,10,12-15H2/q+1. The zero-order valence-corrected chi connectivity index (χ0v) is 16.2. The summed E-state index contributed by atoms with van der Waals surface area (Å²) in [7, 11) is 0. The predicted octanol–water partition coefficient (Wildman–Crippen LogP) is 3.90. The first-order valence-corrected chi connectivity index (χ1v) is 10.3. The van der Waals surface area contributed by atoms with E-state index in [1.54, 1.807) is 12.1 Å². The fourth-order valence-corrected chi connectivity index (χ4v) is 4.30. The Morgan fingerprint density at radius 1 is 1.25 bits per heavy atom. The van der Waals surface area contributed by atoms with E-state index < -0.39 is 0 Å². The van der Waals surface area contributed by atoms with Crippen LogP contribution in [0.25, 0.3) is 17.2 Å². The number of hydrogen-bond acceptors (Lipinski definition) is 5. The van der Waals surface area contributed by atoms with Gasteiger partial charge in [-0.1, -0.05) is 25.7 Å². The summed E-state index contributed by atoms with van der Waals surface area (Å²) in [5.41, 5.74) is 1.54. The van der Waals surface area contributed by atoms with Gasteiger partial charge < -0.3 is 14.1 Å². The van der Waals surface area contributed by atoms with Crippen LogP contribution in [0, 0.1) is 16.0 Å². The third kappa shape index (κ3) is 4.35. The molecule has 28 heavy (non-hydrogen) atoms. The van der Waals surface area contributed by atoms with Crippen LogP contribution in [-0.4, -0.2) is 36.1 Å². The van der Waals surface area contributed by atoms with E-state index in [4.69, 9.17) is 9.15 Å². The molecule has 150 valence electrons. The average molecular weight is 386 g/mol. The highest BCUT2D eigenvalue weighted by atomic mass is 16.6. The van der Waals surface area contributed by atoms with Crippen molar-refractivity contribution in [2.45, 2.75) is 45.1 Å². The van der Waals surface area contributed by atoms with E-state index in [0.717, 1.165) is 56.6 Å². The van der Waals surface area contributed by atoms with E-state index in [2.05, 4.69) is 9.47 Å². The molecule has 1 saturated heterocycles. The molecule has 1 aliphatic heterocycles. The van der Waals surface area contributed by atoms with Crippen LogP contribution >= 0.6 is 0 Å². The largest absolute Gasteiger partial charge is 0.398 e. The summed E-state index contributed by atoms with van der Waals surface area (Å²) in [6, 6.07) is 4.88. The van der Waals surface area contributed by atoms with Crippen LogP contribution in [0.5, 0.6) is 0 Å². The lowest BCUT2D eigenvalue weighted by molar-refractivity contribution is -0.678. The summed E-state index contributed by atoms with van der Waals surface area (Å²) in [6.07, 6.45) is 11.8. The van der Waals surface area contributed by atoms with Crippen molar-refractivity contribution in [1.82, 2.24) is 4.90 Å². The number of fused-ring (bicyclic) bond motifs is 1. The molecule has 1 aromatic carbocycles. The number of rotatable bonds is 7. The molecule has 0 spiro atoms. The summed E-state index contributed by atoms with van der Waals surface area (Å²) >= 11 is 0. The lowest BCUT2D eigenvalue weighted by Crippen LogP contribution is -2.36. The van der Waals surface area contributed by atoms with Gasteiger partial charge in [-0.25, -0.2) is 0 Å². The maximum absolute atomic E-state index is 11.1. The smallest absolute Gasteiger partial charge is 0.375 e. The second-order valence-corrected chi connectivity index (χ2v) is 7.76. The number of morpholine rings is 1. The average Bonchev–Trinajstić information content (AvgIpc) is 3.35. The molecule has 0 N–H and O–H groups in total. The van der Waals surface area contributed by atoms with Gasteiger partial charge in [0.2, 0.25) is 5.58 Å². The molecular formula is C21H28N3O4+. The Morgan fingerprint density at radius 3 is 2.79 bits per heavy atom. The van der Waals surface area contributed by atoms with Crippen molar-refractivity contribution in [1.29, 1.82) is 0 Å². The third-order valence-corrected chi connectivity index (χ3v) is 5.87. The van der Waals surface area contributed by atoms with E-state index in [1.165, 1.54) is 38.2 Å². The van der Waals surface area contributed by atoms with Gasteiger partial charge in [-0.15, -0.1) is 0 Å². The number of aryl methyl sites for hydroxylation is 1. The number of ether oxygens (including phenoxy) is 1. The van der Waals surface area contributed by atoms with Crippen LogP contribution in [0.15, 0.2) is 28.8 Å². The minimum absolute atomic E-state index is 0.0584. The molecule has 7 nitrogen and oxygen atoms in total. The number of nitro groups is 1. The van der Waals surface area contributed by atoms with E-state index >= 15 is 0 Å². The lowest BCUT2D eigenvalue weighted by Gasteiger charge is -2.24. The van der Waals surface area contributed by atoms with Crippen LogP contribution < -0.4 is 4.57 Å². The topological polar surface area (TPSA) is 72.6 Å². The maximum atomic E-state index is 11.1. The summed E-state index contributed by atoms with van der Waals surface area (Å²) < 4.78 is 13.6. The van der Waals surface area contributed by atoms with Gasteiger partial charge in [0, 0.05) is 37.8 Å². The Bertz CT molecular complexity index is 849. The first-order chi connectivity index (χ1) is 13.7. The van der Waals surface area contributed by atoms with Crippen LogP contribution in [0.2, 0.25) is 0 Å². The summed E-state index contributed by atoms with van der Waals surface area (Å²) in [5, 5.41) is 11.1. The molecule has 7 heteroatoms. The minimum Gasteiger partial charge on any atom is -0.398 e. The summed E-state index contributed by atoms with van der Waals surface area (Å²) in [6.45, 7) is 4.06. The fraction of sp³-hybridized carbons (Fsp3) is 0.571. The number of nitrogens with zero attached hydrogens (tertiary/aromatic N) is 3. The van der Waals surface area contributed by atoms with Crippen molar-refractivity contribution in [3.8, 4) is 0 Å². The molecule has 2 fully saturated rings. The molecule has 1 aromatic heterocycles. The third-order valence-electron chi connectivity index (χ3n) is 5.87. The zero-order chi connectivity index (χ0) is 19.3. The van der Waals surface area contributed by atoms with Crippen LogP contribution in [-0.2, 0) is 11.3 Å². The summed E-state index contributed by atoms with van der Waals surface area (Å²) in [4.78, 5) is 12.9. The van der Waals surface area contributed by atoms with E-state index in [0.29, 0.717) is 5.58 Å². The molecule has 0 bridgehead atoms. The Morgan fingerprint density at radius 2 is 2.04 bits per heavy atom. The maximum Gasteiger partial charge on any atom is 0.375 e. The number of benzene rings is 1. The molecular weight excluding hydrogens is 358 g/mol. The summed E-state index contributed by atoms with van der Waals surface area (Å²) in [5.74, 6) is 1.60. The van der Waals surface area contributed by atoms with Gasteiger partial charge in [0.05, 0.1) is 30.3 Å². The SMILES string of the molecule is O=[N+]([O-])c1ccc2c(c1)oc(/C=C/N1CCOCC1)[n+]2CCCC1CCCC1. The minimum atomic E-state index is -0.379.